The van der Waals surface area contributed by atoms with Crippen LogP contribution in [0, 0.1) is 0 Å². The number of carbonyl (C=O) groups is 1. The van der Waals surface area contributed by atoms with E-state index < -0.39 is 13.9 Å². The monoisotopic (exact) mass is 785 g/mol. The molecule has 0 N–H and O–H groups in total. The van der Waals surface area contributed by atoms with Gasteiger partial charge in [-0.1, -0.05) is 147 Å². The van der Waals surface area contributed by atoms with Gasteiger partial charge < -0.3 is 28.1 Å². The molecule has 9 heteroatoms. The van der Waals surface area contributed by atoms with Crippen molar-refractivity contribution in [2.24, 2.45) is 0 Å². The third-order valence-electron chi connectivity index (χ3n) is 9.95. The predicted molar refractivity (Wildman–Crippen MR) is 229 cm³/mol. The van der Waals surface area contributed by atoms with Gasteiger partial charge in [0.15, 0.2) is 0 Å². The summed E-state index contributed by atoms with van der Waals surface area (Å²) in [6, 6.07) is 0. The molecule has 0 fully saturated rings. The standard InChI is InChI=1S/C45H89N2O6P/c1-7-9-11-13-15-17-19-21-23-25-27-29-31-33-35-37-40-51-43-44(53-54(49,50)52-41-39-47(4,5)6)42-46(3)45(48)38-36-34-32-30-28-26-24-22-20-18-16-14-12-10-8-2/h21-24,44H,7-20,25-43H2,1-6H3/b23-21-,24-22-. The van der Waals surface area contributed by atoms with Gasteiger partial charge >= 0.3 is 0 Å². The Bertz CT molecular complexity index is 938. The fourth-order valence-corrected chi connectivity index (χ4v) is 7.23. The molecule has 320 valence electrons. The first kappa shape index (κ1) is 53.0. The first-order valence-corrected chi connectivity index (χ1v) is 24.0. The van der Waals surface area contributed by atoms with Gasteiger partial charge in [0.05, 0.1) is 27.7 Å². The molecule has 0 saturated heterocycles. The molecule has 0 aromatic rings. The minimum atomic E-state index is -4.56. The van der Waals surface area contributed by atoms with Gasteiger partial charge in [-0.15, -0.1) is 0 Å². The van der Waals surface area contributed by atoms with Gasteiger partial charge in [-0.2, -0.15) is 0 Å². The fourth-order valence-electron chi connectivity index (χ4n) is 6.37. The highest BCUT2D eigenvalue weighted by molar-refractivity contribution is 7.45. The minimum absolute atomic E-state index is 0.00112. The molecular weight excluding hydrogens is 695 g/mol. The summed E-state index contributed by atoms with van der Waals surface area (Å²) in [5, 5.41) is 0. The van der Waals surface area contributed by atoms with Crippen molar-refractivity contribution in [2.75, 3.05) is 61.1 Å². The number of nitrogens with zero attached hydrogens (tertiary/aromatic N) is 2. The molecule has 0 spiro atoms. The number of allylic oxidation sites excluding steroid dienone is 4. The van der Waals surface area contributed by atoms with Crippen molar-refractivity contribution in [1.29, 1.82) is 0 Å². The highest BCUT2D eigenvalue weighted by atomic mass is 31.2. The van der Waals surface area contributed by atoms with Crippen molar-refractivity contribution < 1.29 is 32.5 Å². The van der Waals surface area contributed by atoms with Crippen LogP contribution in [0.4, 0.5) is 0 Å². The zero-order chi connectivity index (χ0) is 40.0. The lowest BCUT2D eigenvalue weighted by molar-refractivity contribution is -0.870. The largest absolute Gasteiger partial charge is 0.756 e. The van der Waals surface area contributed by atoms with Gasteiger partial charge in [-0.25, -0.2) is 0 Å². The first-order chi connectivity index (χ1) is 26.0. The lowest BCUT2D eigenvalue weighted by Gasteiger charge is -2.31. The van der Waals surface area contributed by atoms with Gasteiger partial charge in [0, 0.05) is 26.6 Å². The molecule has 0 rings (SSSR count). The van der Waals surface area contributed by atoms with E-state index >= 15 is 0 Å². The molecule has 0 aromatic heterocycles. The van der Waals surface area contributed by atoms with E-state index in [9.17, 15) is 14.3 Å². The number of carbonyl (C=O) groups excluding carboxylic acids is 1. The summed E-state index contributed by atoms with van der Waals surface area (Å²) in [6.07, 6.45) is 42.3. The van der Waals surface area contributed by atoms with Crippen LogP contribution < -0.4 is 4.89 Å². The summed E-state index contributed by atoms with van der Waals surface area (Å²) in [5.74, 6) is 0.00112. The van der Waals surface area contributed by atoms with Gasteiger partial charge in [0.1, 0.15) is 19.3 Å². The van der Waals surface area contributed by atoms with E-state index in [0.717, 1.165) is 38.5 Å². The predicted octanol–water partition coefficient (Wildman–Crippen LogP) is 12.1. The summed E-state index contributed by atoms with van der Waals surface area (Å²) < 4.78 is 29.8. The zero-order valence-electron chi connectivity index (χ0n) is 36.5. The molecule has 0 aliphatic rings. The Kier molecular flexibility index (Phi) is 36.8. The summed E-state index contributed by atoms with van der Waals surface area (Å²) >= 11 is 0. The second kappa shape index (κ2) is 37.6. The fraction of sp³-hybridized carbons (Fsp3) is 0.889. The number of amides is 1. The molecule has 1 amide bonds. The summed E-state index contributed by atoms with van der Waals surface area (Å²) in [7, 11) is 3.09. The minimum Gasteiger partial charge on any atom is -0.756 e. The highest BCUT2D eigenvalue weighted by Crippen LogP contribution is 2.40. The molecule has 2 unspecified atom stereocenters. The zero-order valence-corrected chi connectivity index (χ0v) is 37.4. The maximum Gasteiger partial charge on any atom is 0.268 e. The van der Waals surface area contributed by atoms with Crippen molar-refractivity contribution >= 4 is 13.7 Å². The van der Waals surface area contributed by atoms with Crippen LogP contribution >= 0.6 is 7.82 Å². The number of rotatable bonds is 41. The van der Waals surface area contributed by atoms with Crippen LogP contribution in [0.5, 0.6) is 0 Å². The van der Waals surface area contributed by atoms with Crippen LogP contribution in [0.25, 0.3) is 0 Å². The molecule has 54 heavy (non-hydrogen) atoms. The maximum atomic E-state index is 12.9. The normalized spacial score (nSPS) is 14.0. The topological polar surface area (TPSA) is 88.1 Å². The van der Waals surface area contributed by atoms with Crippen LogP contribution in [-0.2, 0) is 23.1 Å². The van der Waals surface area contributed by atoms with Gasteiger partial charge in [0.25, 0.3) is 7.82 Å². The van der Waals surface area contributed by atoms with Crippen molar-refractivity contribution in [3.8, 4) is 0 Å². The molecule has 2 atom stereocenters. The quantitative estimate of drug-likeness (QED) is 0.0265. The van der Waals surface area contributed by atoms with Crippen LogP contribution in [0.3, 0.4) is 0 Å². The Labute approximate surface area is 335 Å². The Morgan fingerprint density at radius 2 is 1.04 bits per heavy atom. The molecule has 0 aliphatic heterocycles. The van der Waals surface area contributed by atoms with E-state index in [1.165, 1.54) is 135 Å². The van der Waals surface area contributed by atoms with Crippen molar-refractivity contribution in [3.63, 3.8) is 0 Å². The van der Waals surface area contributed by atoms with Crippen LogP contribution in [0.15, 0.2) is 24.3 Å². The Hall–Kier alpha value is -1.02. The second-order valence-electron chi connectivity index (χ2n) is 16.6. The lowest BCUT2D eigenvalue weighted by Crippen LogP contribution is -2.39. The van der Waals surface area contributed by atoms with Gasteiger partial charge in [0.2, 0.25) is 5.91 Å². The number of ether oxygens (including phenoxy) is 1. The number of quaternary nitrogens is 1. The SMILES string of the molecule is CCCCCCCC/C=C\CCCCCCCCOCC(CN(C)C(=O)CCCCCCC/C=C\CCCCCCCC)OP(=O)([O-])OCC[N+](C)(C)C. The Balaban J connectivity index is 4.34. The number of hydrogen-bond acceptors (Lipinski definition) is 6. The molecule has 0 aromatic carbocycles. The smallest absolute Gasteiger partial charge is 0.268 e. The molecular formula is C45H89N2O6P. The van der Waals surface area contributed by atoms with Crippen LogP contribution in [0.1, 0.15) is 194 Å². The molecule has 0 heterocycles. The average molecular weight is 785 g/mol. The van der Waals surface area contributed by atoms with Gasteiger partial charge in [-0.3, -0.25) is 9.36 Å². The van der Waals surface area contributed by atoms with Crippen molar-refractivity contribution in [1.82, 2.24) is 4.90 Å². The highest BCUT2D eigenvalue weighted by Gasteiger charge is 2.23. The summed E-state index contributed by atoms with van der Waals surface area (Å²) in [4.78, 5) is 27.2. The number of likely N-dealkylation sites (N-methyl/N-ethyl adjacent to an activating group) is 2. The molecule has 0 aliphatic carbocycles. The van der Waals surface area contributed by atoms with Crippen LogP contribution in [-0.4, -0.2) is 82.5 Å². The van der Waals surface area contributed by atoms with E-state index in [0.29, 0.717) is 24.1 Å². The van der Waals surface area contributed by atoms with E-state index in [4.69, 9.17) is 13.8 Å². The van der Waals surface area contributed by atoms with Crippen LogP contribution in [0.2, 0.25) is 0 Å². The first-order valence-electron chi connectivity index (χ1n) is 22.6. The number of unbranched alkanes of at least 4 members (excludes halogenated alkanes) is 23. The second-order valence-corrected chi connectivity index (χ2v) is 18.0. The third kappa shape index (κ3) is 39.2. The number of phosphoric acid groups is 1. The Morgan fingerprint density at radius 1 is 0.630 bits per heavy atom. The summed E-state index contributed by atoms with van der Waals surface area (Å²) in [5.41, 5.74) is 0. The Morgan fingerprint density at radius 3 is 1.48 bits per heavy atom. The average Bonchev–Trinajstić information content (AvgIpc) is 3.11. The van der Waals surface area contributed by atoms with Gasteiger partial charge in [-0.05, 0) is 64.2 Å². The number of phosphoric ester groups is 1. The maximum absolute atomic E-state index is 12.9. The lowest BCUT2D eigenvalue weighted by atomic mass is 10.1. The third-order valence-corrected chi connectivity index (χ3v) is 11.0. The van der Waals surface area contributed by atoms with E-state index in [1.54, 1.807) is 11.9 Å². The summed E-state index contributed by atoms with van der Waals surface area (Å²) in [6.45, 7) is 5.87. The number of hydrogen-bond donors (Lipinski definition) is 0. The molecule has 0 bridgehead atoms. The van der Waals surface area contributed by atoms with E-state index in [2.05, 4.69) is 38.2 Å². The van der Waals surface area contributed by atoms with Crippen molar-refractivity contribution in [2.45, 2.75) is 200 Å². The van der Waals surface area contributed by atoms with E-state index in [1.807, 2.05) is 21.1 Å². The van der Waals surface area contributed by atoms with E-state index in [-0.39, 0.29) is 25.7 Å². The molecule has 8 nitrogen and oxygen atoms in total. The molecule has 0 saturated carbocycles. The van der Waals surface area contributed by atoms with Crippen molar-refractivity contribution in [3.05, 3.63) is 24.3 Å². The molecule has 0 radical (unpaired) electrons.